The van der Waals surface area contributed by atoms with Crippen LogP contribution in [0.3, 0.4) is 0 Å². The number of hydrogen-bond acceptors (Lipinski definition) is 3. The van der Waals surface area contributed by atoms with Crippen molar-refractivity contribution in [3.63, 3.8) is 0 Å². The van der Waals surface area contributed by atoms with Gasteiger partial charge in [-0.25, -0.2) is 0 Å². The molecule has 4 nitrogen and oxygen atoms in total. The molecule has 2 rings (SSSR count). The van der Waals surface area contributed by atoms with Gasteiger partial charge in [-0.3, -0.25) is 9.69 Å². The maximum absolute atomic E-state index is 11.5. The fourth-order valence-corrected chi connectivity index (χ4v) is 1.73. The van der Waals surface area contributed by atoms with Gasteiger partial charge in [-0.2, -0.15) is 0 Å². The van der Waals surface area contributed by atoms with E-state index in [1.54, 1.807) is 0 Å². The molecule has 1 amide bonds. The minimum Gasteiger partial charge on any atom is -0.390 e. The molecule has 0 bridgehead atoms. The van der Waals surface area contributed by atoms with E-state index in [-0.39, 0.29) is 12.0 Å². The Bertz CT molecular complexity index is 347. The summed E-state index contributed by atoms with van der Waals surface area (Å²) < 4.78 is 0. The summed E-state index contributed by atoms with van der Waals surface area (Å²) in [7, 11) is 0. The topological polar surface area (TPSA) is 52.6 Å². The zero-order valence-electron chi connectivity index (χ0n) is 9.10. The number of para-hydroxylation sites is 1. The van der Waals surface area contributed by atoms with E-state index >= 15 is 0 Å². The minimum atomic E-state index is -0.197. The average Bonchev–Trinajstić information content (AvgIpc) is 2.24. The van der Waals surface area contributed by atoms with Gasteiger partial charge in [0.05, 0.1) is 6.10 Å². The van der Waals surface area contributed by atoms with Gasteiger partial charge in [0.25, 0.3) is 0 Å². The molecule has 0 saturated carbocycles. The average molecular weight is 220 g/mol. The molecule has 4 heteroatoms. The highest BCUT2D eigenvalue weighted by molar-refractivity contribution is 5.90. The highest BCUT2D eigenvalue weighted by atomic mass is 16.3. The van der Waals surface area contributed by atoms with Crippen LogP contribution in [0, 0.1) is 0 Å². The largest absolute Gasteiger partial charge is 0.390 e. The van der Waals surface area contributed by atoms with Crippen LogP contribution < -0.4 is 5.32 Å². The zero-order valence-corrected chi connectivity index (χ0v) is 9.10. The maximum atomic E-state index is 11.5. The number of anilines is 1. The minimum absolute atomic E-state index is 0.0209. The van der Waals surface area contributed by atoms with Gasteiger partial charge in [0.2, 0.25) is 5.91 Å². The first-order chi connectivity index (χ1) is 7.74. The van der Waals surface area contributed by atoms with Crippen LogP contribution in [-0.4, -0.2) is 41.7 Å². The summed E-state index contributed by atoms with van der Waals surface area (Å²) >= 11 is 0. The molecule has 2 N–H and O–H groups in total. The van der Waals surface area contributed by atoms with Crippen LogP contribution in [-0.2, 0) is 4.79 Å². The van der Waals surface area contributed by atoms with Crippen LogP contribution in [0.5, 0.6) is 0 Å². The Morgan fingerprint density at radius 3 is 2.69 bits per heavy atom. The number of carbonyl (C=O) groups excluding carboxylic acids is 1. The molecule has 1 aromatic carbocycles. The molecule has 0 aliphatic carbocycles. The molecule has 1 aliphatic heterocycles. The van der Waals surface area contributed by atoms with Crippen molar-refractivity contribution >= 4 is 11.6 Å². The summed E-state index contributed by atoms with van der Waals surface area (Å²) in [5.74, 6) is 0.0209. The van der Waals surface area contributed by atoms with Crippen molar-refractivity contribution in [1.29, 1.82) is 0 Å². The van der Waals surface area contributed by atoms with E-state index in [0.29, 0.717) is 19.5 Å². The van der Waals surface area contributed by atoms with Crippen LogP contribution in [0.4, 0.5) is 5.69 Å². The molecule has 1 saturated heterocycles. The third kappa shape index (κ3) is 3.05. The van der Waals surface area contributed by atoms with Crippen molar-refractivity contribution in [2.75, 3.05) is 25.0 Å². The summed E-state index contributed by atoms with van der Waals surface area (Å²) in [6.07, 6.45) is 0.277. The highest BCUT2D eigenvalue weighted by Crippen LogP contribution is 2.09. The first-order valence-corrected chi connectivity index (χ1v) is 5.49. The van der Waals surface area contributed by atoms with Crippen molar-refractivity contribution in [3.8, 4) is 0 Å². The van der Waals surface area contributed by atoms with Crippen molar-refractivity contribution in [2.24, 2.45) is 0 Å². The second-order valence-electron chi connectivity index (χ2n) is 4.08. The van der Waals surface area contributed by atoms with Crippen molar-refractivity contribution in [2.45, 2.75) is 12.5 Å². The van der Waals surface area contributed by atoms with E-state index in [4.69, 9.17) is 5.11 Å². The van der Waals surface area contributed by atoms with E-state index in [1.807, 2.05) is 30.3 Å². The fourth-order valence-electron chi connectivity index (χ4n) is 1.73. The Morgan fingerprint density at radius 1 is 1.38 bits per heavy atom. The number of amides is 1. The molecule has 1 fully saturated rings. The van der Waals surface area contributed by atoms with Gasteiger partial charge < -0.3 is 10.4 Å². The second-order valence-corrected chi connectivity index (χ2v) is 4.08. The van der Waals surface area contributed by atoms with Gasteiger partial charge in [0.15, 0.2) is 0 Å². The summed E-state index contributed by atoms with van der Waals surface area (Å²) in [6, 6.07) is 9.43. The molecule has 1 heterocycles. The predicted molar refractivity (Wildman–Crippen MR) is 62.1 cm³/mol. The molecule has 1 aliphatic rings. The molecule has 0 unspecified atom stereocenters. The third-order valence-corrected chi connectivity index (χ3v) is 2.65. The predicted octanol–water partition coefficient (Wildman–Crippen LogP) is 0.692. The first-order valence-electron chi connectivity index (χ1n) is 5.49. The van der Waals surface area contributed by atoms with Crippen molar-refractivity contribution in [1.82, 2.24) is 4.90 Å². The Labute approximate surface area is 94.9 Å². The van der Waals surface area contributed by atoms with Gasteiger partial charge in [-0.05, 0) is 12.1 Å². The molecule has 16 heavy (non-hydrogen) atoms. The smallest absolute Gasteiger partial charge is 0.225 e. The lowest BCUT2D eigenvalue weighted by Crippen LogP contribution is -2.51. The number of rotatable bonds is 4. The number of hydrogen-bond donors (Lipinski definition) is 2. The van der Waals surface area contributed by atoms with Gasteiger partial charge in [-0.1, -0.05) is 18.2 Å². The zero-order chi connectivity index (χ0) is 11.4. The maximum Gasteiger partial charge on any atom is 0.225 e. The summed E-state index contributed by atoms with van der Waals surface area (Å²) in [4.78, 5) is 13.6. The van der Waals surface area contributed by atoms with Gasteiger partial charge >= 0.3 is 0 Å². The molecular formula is C12H16N2O2. The number of likely N-dealkylation sites (tertiary alicyclic amines) is 1. The standard InChI is InChI=1S/C12H16N2O2/c15-11-8-14(9-11)7-6-12(16)13-10-4-2-1-3-5-10/h1-5,11,15H,6-9H2,(H,13,16). The third-order valence-electron chi connectivity index (χ3n) is 2.65. The quantitative estimate of drug-likeness (QED) is 0.785. The lowest BCUT2D eigenvalue weighted by atomic mass is 10.1. The Hall–Kier alpha value is -1.39. The van der Waals surface area contributed by atoms with Gasteiger partial charge in [0.1, 0.15) is 0 Å². The molecule has 0 aromatic heterocycles. The monoisotopic (exact) mass is 220 g/mol. The molecule has 0 radical (unpaired) electrons. The SMILES string of the molecule is O=C(CCN1CC(O)C1)Nc1ccccc1. The number of aliphatic hydroxyl groups excluding tert-OH is 1. The van der Waals surface area contributed by atoms with E-state index in [0.717, 1.165) is 12.2 Å². The number of nitrogens with one attached hydrogen (secondary N) is 1. The number of benzene rings is 1. The molecular weight excluding hydrogens is 204 g/mol. The van der Waals surface area contributed by atoms with Crippen molar-refractivity contribution in [3.05, 3.63) is 30.3 Å². The Morgan fingerprint density at radius 2 is 2.06 bits per heavy atom. The molecule has 0 spiro atoms. The van der Waals surface area contributed by atoms with Crippen LogP contribution in [0.2, 0.25) is 0 Å². The molecule has 0 atom stereocenters. The number of nitrogens with zero attached hydrogens (tertiary/aromatic N) is 1. The fraction of sp³-hybridized carbons (Fsp3) is 0.417. The van der Waals surface area contributed by atoms with E-state index < -0.39 is 0 Å². The Kier molecular flexibility index (Phi) is 3.54. The van der Waals surface area contributed by atoms with E-state index in [2.05, 4.69) is 10.2 Å². The van der Waals surface area contributed by atoms with Gasteiger partial charge in [-0.15, -0.1) is 0 Å². The number of β-amino-alcohol motifs (C(OH)–C–C–N with tert-alkyl or cyclic N) is 1. The summed E-state index contributed by atoms with van der Waals surface area (Å²) in [6.45, 7) is 2.10. The second kappa shape index (κ2) is 5.09. The van der Waals surface area contributed by atoms with E-state index in [9.17, 15) is 4.79 Å². The summed E-state index contributed by atoms with van der Waals surface area (Å²) in [5.41, 5.74) is 0.830. The lowest BCUT2D eigenvalue weighted by Gasteiger charge is -2.35. The van der Waals surface area contributed by atoms with Crippen LogP contribution >= 0.6 is 0 Å². The number of aliphatic hydroxyl groups is 1. The van der Waals surface area contributed by atoms with Gasteiger partial charge in [0, 0.05) is 31.7 Å². The van der Waals surface area contributed by atoms with Crippen molar-refractivity contribution < 1.29 is 9.90 Å². The normalized spacial score (nSPS) is 16.8. The first kappa shape index (κ1) is 11.1. The summed E-state index contributed by atoms with van der Waals surface area (Å²) in [5, 5.41) is 11.9. The molecule has 86 valence electrons. The van der Waals surface area contributed by atoms with E-state index in [1.165, 1.54) is 0 Å². The Balaban J connectivity index is 1.69. The molecule has 1 aromatic rings. The highest BCUT2D eigenvalue weighted by Gasteiger charge is 2.23. The van der Waals surface area contributed by atoms with Crippen LogP contribution in [0.15, 0.2) is 30.3 Å². The van der Waals surface area contributed by atoms with Crippen LogP contribution in [0.1, 0.15) is 6.42 Å². The lowest BCUT2D eigenvalue weighted by molar-refractivity contribution is -0.117. The number of carbonyl (C=O) groups is 1. The van der Waals surface area contributed by atoms with Crippen LogP contribution in [0.25, 0.3) is 0 Å².